The molecule has 0 heterocycles. The molecule has 0 aromatic heterocycles. The Morgan fingerprint density at radius 1 is 1.10 bits per heavy atom. The molecular weight excluding hydrogens is 258 g/mol. The van der Waals surface area contributed by atoms with Crippen LogP contribution >= 0.6 is 0 Å². The first kappa shape index (κ1) is 15.6. The van der Waals surface area contributed by atoms with Crippen LogP contribution in [0.3, 0.4) is 0 Å². The molecule has 2 aromatic rings. The van der Waals surface area contributed by atoms with E-state index < -0.39 is 0 Å². The van der Waals surface area contributed by atoms with Gasteiger partial charge in [0.2, 0.25) is 0 Å². The van der Waals surface area contributed by atoms with Crippen molar-refractivity contribution in [1.29, 1.82) is 0 Å². The minimum absolute atomic E-state index is 0.0929. The zero-order valence-corrected chi connectivity index (χ0v) is 13.0. The third-order valence-corrected chi connectivity index (χ3v) is 3.64. The van der Waals surface area contributed by atoms with Crippen molar-refractivity contribution in [2.24, 2.45) is 5.73 Å². The minimum Gasteiger partial charge on any atom is -0.492 e. The molecule has 21 heavy (non-hydrogen) atoms. The van der Waals surface area contributed by atoms with Gasteiger partial charge in [-0.25, -0.2) is 0 Å². The van der Waals surface area contributed by atoms with Crippen LogP contribution in [0.25, 0.3) is 0 Å². The number of aryl methyl sites for hydroxylation is 2. The summed E-state index contributed by atoms with van der Waals surface area (Å²) >= 11 is 0. The molecule has 1 unspecified atom stereocenters. The molecule has 2 rings (SSSR count). The Morgan fingerprint density at radius 3 is 2.52 bits per heavy atom. The van der Waals surface area contributed by atoms with Crippen LogP contribution in [0.5, 0.6) is 5.75 Å². The summed E-state index contributed by atoms with van der Waals surface area (Å²) in [5.74, 6) is 0.887. The number of nitrogens with two attached hydrogens (primary N) is 1. The van der Waals surface area contributed by atoms with E-state index in [-0.39, 0.29) is 6.04 Å². The fourth-order valence-corrected chi connectivity index (χ4v) is 2.32. The maximum Gasteiger partial charge on any atom is 0.119 e. The van der Waals surface area contributed by atoms with Gasteiger partial charge in [0.15, 0.2) is 0 Å². The molecule has 0 aliphatic rings. The van der Waals surface area contributed by atoms with Gasteiger partial charge < -0.3 is 10.5 Å². The van der Waals surface area contributed by atoms with E-state index in [0.29, 0.717) is 6.61 Å². The second-order valence-electron chi connectivity index (χ2n) is 5.58. The number of unbranched alkanes of at least 4 members (excludes halogenated alkanes) is 1. The third kappa shape index (κ3) is 4.91. The number of rotatable bonds is 7. The molecule has 2 aromatic carbocycles. The van der Waals surface area contributed by atoms with Crippen molar-refractivity contribution in [3.8, 4) is 5.75 Å². The highest BCUT2D eigenvalue weighted by Crippen LogP contribution is 2.17. The largest absolute Gasteiger partial charge is 0.492 e. The van der Waals surface area contributed by atoms with Crippen LogP contribution in [-0.2, 0) is 6.42 Å². The van der Waals surface area contributed by atoms with E-state index in [1.807, 2.05) is 18.2 Å². The summed E-state index contributed by atoms with van der Waals surface area (Å²) in [4.78, 5) is 0. The van der Waals surface area contributed by atoms with Crippen LogP contribution in [0.4, 0.5) is 0 Å². The van der Waals surface area contributed by atoms with Crippen molar-refractivity contribution in [1.82, 2.24) is 0 Å². The highest BCUT2D eigenvalue weighted by atomic mass is 16.5. The topological polar surface area (TPSA) is 35.2 Å². The maximum absolute atomic E-state index is 6.18. The van der Waals surface area contributed by atoms with Gasteiger partial charge in [0.1, 0.15) is 12.4 Å². The first-order chi connectivity index (χ1) is 10.2. The highest BCUT2D eigenvalue weighted by molar-refractivity contribution is 5.28. The van der Waals surface area contributed by atoms with Crippen LogP contribution in [-0.4, -0.2) is 6.61 Å². The third-order valence-electron chi connectivity index (χ3n) is 3.64. The molecule has 0 fully saturated rings. The molecule has 2 heteroatoms. The summed E-state index contributed by atoms with van der Waals surface area (Å²) < 4.78 is 5.80. The van der Waals surface area contributed by atoms with E-state index in [2.05, 4.69) is 44.2 Å². The lowest BCUT2D eigenvalue weighted by Crippen LogP contribution is -2.19. The van der Waals surface area contributed by atoms with Gasteiger partial charge in [0.05, 0.1) is 6.04 Å². The van der Waals surface area contributed by atoms with E-state index in [0.717, 1.165) is 17.7 Å². The quantitative estimate of drug-likeness (QED) is 0.816. The Kier molecular flexibility index (Phi) is 5.82. The van der Waals surface area contributed by atoms with Crippen molar-refractivity contribution in [2.45, 2.75) is 39.2 Å². The summed E-state index contributed by atoms with van der Waals surface area (Å²) in [5, 5.41) is 0. The van der Waals surface area contributed by atoms with Crippen molar-refractivity contribution in [2.75, 3.05) is 6.61 Å². The second kappa shape index (κ2) is 7.84. The standard InChI is InChI=1S/C19H25NO/c1-3-4-7-16-9-11-18(12-10-16)21-14-19(20)17-8-5-6-15(2)13-17/h5-6,8-13,19H,3-4,7,14,20H2,1-2H3. The molecular formula is C19H25NO. The first-order valence-electron chi connectivity index (χ1n) is 7.73. The van der Waals surface area contributed by atoms with Gasteiger partial charge in [-0.15, -0.1) is 0 Å². The fourth-order valence-electron chi connectivity index (χ4n) is 2.32. The number of hydrogen-bond donors (Lipinski definition) is 1. The molecule has 0 radical (unpaired) electrons. The van der Waals surface area contributed by atoms with Crippen LogP contribution in [0.2, 0.25) is 0 Å². The van der Waals surface area contributed by atoms with Gasteiger partial charge in [0, 0.05) is 0 Å². The average molecular weight is 283 g/mol. The lowest BCUT2D eigenvalue weighted by molar-refractivity contribution is 0.290. The monoisotopic (exact) mass is 283 g/mol. The smallest absolute Gasteiger partial charge is 0.119 e. The van der Waals surface area contributed by atoms with Gasteiger partial charge in [-0.2, -0.15) is 0 Å². The molecule has 1 atom stereocenters. The Morgan fingerprint density at radius 2 is 1.86 bits per heavy atom. The summed E-state index contributed by atoms with van der Waals surface area (Å²) in [6, 6.07) is 16.5. The SMILES string of the molecule is CCCCc1ccc(OCC(N)c2cccc(C)c2)cc1. The Labute approximate surface area is 127 Å². The molecule has 0 aliphatic heterocycles. The molecule has 0 aliphatic carbocycles. The summed E-state index contributed by atoms with van der Waals surface area (Å²) in [6.45, 7) is 4.79. The van der Waals surface area contributed by atoms with Crippen molar-refractivity contribution in [3.05, 3.63) is 65.2 Å². The summed E-state index contributed by atoms with van der Waals surface area (Å²) in [6.07, 6.45) is 3.60. The molecule has 0 saturated carbocycles. The molecule has 0 bridgehead atoms. The molecule has 2 nitrogen and oxygen atoms in total. The van der Waals surface area contributed by atoms with E-state index in [4.69, 9.17) is 10.5 Å². The van der Waals surface area contributed by atoms with Crippen molar-refractivity contribution < 1.29 is 4.74 Å². The van der Waals surface area contributed by atoms with E-state index in [1.54, 1.807) is 0 Å². The molecule has 0 saturated heterocycles. The van der Waals surface area contributed by atoms with E-state index >= 15 is 0 Å². The lowest BCUT2D eigenvalue weighted by atomic mass is 10.1. The van der Waals surface area contributed by atoms with Gasteiger partial charge >= 0.3 is 0 Å². The number of ether oxygens (including phenoxy) is 1. The Bertz CT molecular complexity index is 548. The summed E-state index contributed by atoms with van der Waals surface area (Å²) in [7, 11) is 0. The molecule has 112 valence electrons. The van der Waals surface area contributed by atoms with Crippen molar-refractivity contribution >= 4 is 0 Å². The van der Waals surface area contributed by atoms with Gasteiger partial charge in [-0.1, -0.05) is 55.3 Å². The van der Waals surface area contributed by atoms with E-state index in [9.17, 15) is 0 Å². The zero-order chi connectivity index (χ0) is 15.1. The fraction of sp³-hybridized carbons (Fsp3) is 0.368. The Hall–Kier alpha value is -1.80. The lowest BCUT2D eigenvalue weighted by Gasteiger charge is -2.14. The van der Waals surface area contributed by atoms with Crippen molar-refractivity contribution in [3.63, 3.8) is 0 Å². The normalized spacial score (nSPS) is 12.1. The van der Waals surface area contributed by atoms with Crippen LogP contribution in [0, 0.1) is 6.92 Å². The average Bonchev–Trinajstić information content (AvgIpc) is 2.51. The second-order valence-corrected chi connectivity index (χ2v) is 5.58. The van der Waals surface area contributed by atoms with Crippen LogP contribution in [0.15, 0.2) is 48.5 Å². The van der Waals surface area contributed by atoms with Gasteiger partial charge in [-0.05, 0) is 43.0 Å². The highest BCUT2D eigenvalue weighted by Gasteiger charge is 2.07. The molecule has 0 amide bonds. The maximum atomic E-state index is 6.18. The predicted octanol–water partition coefficient (Wildman–Crippen LogP) is 4.42. The number of hydrogen-bond acceptors (Lipinski definition) is 2. The predicted molar refractivity (Wildman–Crippen MR) is 88.7 cm³/mol. The van der Waals surface area contributed by atoms with Gasteiger partial charge in [0.25, 0.3) is 0 Å². The number of benzene rings is 2. The minimum atomic E-state index is -0.0929. The van der Waals surface area contributed by atoms with Gasteiger partial charge in [-0.3, -0.25) is 0 Å². The zero-order valence-electron chi connectivity index (χ0n) is 13.0. The van der Waals surface area contributed by atoms with Crippen LogP contribution in [0.1, 0.15) is 42.5 Å². The van der Waals surface area contributed by atoms with E-state index in [1.165, 1.54) is 24.0 Å². The summed E-state index contributed by atoms with van der Waals surface area (Å²) in [5.41, 5.74) is 9.90. The van der Waals surface area contributed by atoms with Crippen LogP contribution < -0.4 is 10.5 Å². The molecule has 2 N–H and O–H groups in total. The Balaban J connectivity index is 1.87. The molecule has 0 spiro atoms. The first-order valence-corrected chi connectivity index (χ1v) is 7.73.